The summed E-state index contributed by atoms with van der Waals surface area (Å²) in [7, 11) is 1.63. The van der Waals surface area contributed by atoms with Crippen molar-refractivity contribution in [3.05, 3.63) is 50.7 Å². The third kappa shape index (κ3) is 3.08. The Balaban J connectivity index is 1.83. The number of rotatable bonds is 5. The van der Waals surface area contributed by atoms with Crippen molar-refractivity contribution in [3.8, 4) is 0 Å². The minimum Gasteiger partial charge on any atom is -0.477 e. The van der Waals surface area contributed by atoms with Crippen molar-refractivity contribution < 1.29 is 27.9 Å². The standard InChI is InChI=1S/C21H18F3N5O4/c1-27-20(25)10-5-28(7-13(10)26-27)16-12(22)4-9-15(14(16)18(31)19(23)24)29(8-2-3-8)6-11(17(9)30)21(32)33/h4,6,8,19H,2-3,5,7,25H2,1H3,(H,32,33). The molecule has 9 nitrogen and oxygen atoms in total. The number of nitrogens with zero attached hydrogens (tertiary/aromatic N) is 4. The number of aromatic nitrogens is 3. The molecule has 33 heavy (non-hydrogen) atoms. The van der Waals surface area contributed by atoms with Crippen LogP contribution in [0.15, 0.2) is 17.1 Å². The van der Waals surface area contributed by atoms with Gasteiger partial charge in [0.2, 0.25) is 11.2 Å². The molecule has 0 bridgehead atoms. The number of aryl methyl sites for hydroxylation is 1. The summed E-state index contributed by atoms with van der Waals surface area (Å²) in [5.41, 5.74) is 4.23. The maximum absolute atomic E-state index is 15.4. The zero-order valence-electron chi connectivity index (χ0n) is 17.3. The van der Waals surface area contributed by atoms with Crippen molar-refractivity contribution in [3.63, 3.8) is 0 Å². The summed E-state index contributed by atoms with van der Waals surface area (Å²) in [6.07, 6.45) is -1.22. The van der Waals surface area contributed by atoms with E-state index in [1.807, 2.05) is 0 Å². The van der Waals surface area contributed by atoms with E-state index >= 15 is 4.39 Å². The first-order valence-corrected chi connectivity index (χ1v) is 10.1. The van der Waals surface area contributed by atoms with Gasteiger partial charge in [-0.2, -0.15) is 5.10 Å². The van der Waals surface area contributed by atoms with Crippen LogP contribution in [0.25, 0.3) is 10.9 Å². The lowest BCUT2D eigenvalue weighted by Gasteiger charge is -2.25. The van der Waals surface area contributed by atoms with Crippen LogP contribution < -0.4 is 16.1 Å². The van der Waals surface area contributed by atoms with Crippen LogP contribution >= 0.6 is 0 Å². The Kier molecular flexibility index (Phi) is 4.52. The van der Waals surface area contributed by atoms with E-state index in [2.05, 4.69) is 5.10 Å². The summed E-state index contributed by atoms with van der Waals surface area (Å²) >= 11 is 0. The minimum atomic E-state index is -3.47. The summed E-state index contributed by atoms with van der Waals surface area (Å²) in [6, 6.07) is 0.531. The number of anilines is 2. The van der Waals surface area contributed by atoms with Gasteiger partial charge in [0.25, 0.3) is 0 Å². The summed E-state index contributed by atoms with van der Waals surface area (Å²) < 4.78 is 45.6. The van der Waals surface area contributed by atoms with Crippen LogP contribution in [0.5, 0.6) is 0 Å². The number of carboxylic acids is 1. The molecule has 0 unspecified atom stereocenters. The Labute approximate surface area is 183 Å². The van der Waals surface area contributed by atoms with Gasteiger partial charge in [0.05, 0.1) is 34.4 Å². The van der Waals surface area contributed by atoms with Crippen LogP contribution in [0.3, 0.4) is 0 Å². The molecule has 1 saturated carbocycles. The van der Waals surface area contributed by atoms with Crippen LogP contribution in [0.2, 0.25) is 0 Å². The lowest BCUT2D eigenvalue weighted by Crippen LogP contribution is -2.26. The van der Waals surface area contributed by atoms with Gasteiger partial charge in [0.1, 0.15) is 17.2 Å². The molecule has 2 aliphatic rings. The van der Waals surface area contributed by atoms with Crippen LogP contribution in [0.1, 0.15) is 50.9 Å². The fraction of sp³-hybridized carbons (Fsp3) is 0.333. The minimum absolute atomic E-state index is 0.0210. The number of carbonyl (C=O) groups is 2. The molecular weight excluding hydrogens is 443 g/mol. The highest BCUT2D eigenvalue weighted by Gasteiger charge is 2.37. The number of Topliss-reactive ketones (excluding diaryl/α,β-unsaturated/α-hetero) is 1. The largest absolute Gasteiger partial charge is 0.477 e. The number of carbonyl (C=O) groups excluding carboxylic acids is 1. The molecule has 0 radical (unpaired) electrons. The fourth-order valence-electron chi connectivity index (χ4n) is 4.45. The maximum Gasteiger partial charge on any atom is 0.341 e. The van der Waals surface area contributed by atoms with Crippen molar-refractivity contribution in [2.24, 2.45) is 7.05 Å². The molecule has 12 heteroatoms. The zero-order chi connectivity index (χ0) is 23.8. The van der Waals surface area contributed by atoms with Crippen LogP contribution in [0, 0.1) is 5.82 Å². The molecule has 1 aliphatic heterocycles. The van der Waals surface area contributed by atoms with Crippen molar-refractivity contribution in [2.75, 3.05) is 10.6 Å². The molecule has 1 aliphatic carbocycles. The first-order chi connectivity index (χ1) is 15.6. The average molecular weight is 461 g/mol. The topological polar surface area (TPSA) is 123 Å². The van der Waals surface area contributed by atoms with E-state index in [1.165, 1.54) is 14.1 Å². The molecular formula is C21H18F3N5O4. The van der Waals surface area contributed by atoms with E-state index in [1.54, 1.807) is 7.05 Å². The van der Waals surface area contributed by atoms with E-state index in [9.17, 15) is 28.3 Å². The molecule has 0 saturated heterocycles. The second-order valence-corrected chi connectivity index (χ2v) is 8.25. The predicted octanol–water partition coefficient (Wildman–Crippen LogP) is 2.46. The second kappa shape index (κ2) is 7.09. The summed E-state index contributed by atoms with van der Waals surface area (Å²) in [5.74, 6) is -3.93. The van der Waals surface area contributed by atoms with Gasteiger partial charge in [-0.25, -0.2) is 18.0 Å². The monoisotopic (exact) mass is 461 g/mol. The van der Waals surface area contributed by atoms with Crippen molar-refractivity contribution in [1.29, 1.82) is 0 Å². The Hall–Kier alpha value is -3.83. The molecule has 2 aromatic heterocycles. The van der Waals surface area contributed by atoms with Crippen molar-refractivity contribution in [2.45, 2.75) is 38.4 Å². The smallest absolute Gasteiger partial charge is 0.341 e. The Morgan fingerprint density at radius 2 is 1.97 bits per heavy atom. The summed E-state index contributed by atoms with van der Waals surface area (Å²) in [5, 5.41) is 13.2. The number of hydrogen-bond donors (Lipinski definition) is 2. The van der Waals surface area contributed by atoms with E-state index in [0.29, 0.717) is 29.9 Å². The molecule has 3 N–H and O–H groups in total. The highest BCUT2D eigenvalue weighted by molar-refractivity contribution is 6.14. The molecule has 0 atom stereocenters. The number of benzene rings is 1. The van der Waals surface area contributed by atoms with E-state index < -0.39 is 45.9 Å². The predicted molar refractivity (Wildman–Crippen MR) is 111 cm³/mol. The third-order valence-corrected chi connectivity index (χ3v) is 6.14. The number of hydrogen-bond acceptors (Lipinski definition) is 6. The number of carboxylic acid groups (broad SMARTS) is 1. The van der Waals surface area contributed by atoms with E-state index in [-0.39, 0.29) is 30.3 Å². The Morgan fingerprint density at radius 3 is 2.55 bits per heavy atom. The number of nitrogens with two attached hydrogens (primary N) is 1. The quantitative estimate of drug-likeness (QED) is 0.560. The van der Waals surface area contributed by atoms with Crippen LogP contribution in [-0.4, -0.2) is 37.6 Å². The number of fused-ring (bicyclic) bond motifs is 2. The number of pyridine rings is 1. The summed E-state index contributed by atoms with van der Waals surface area (Å²) in [6.45, 7) is 0.0506. The molecule has 172 valence electrons. The van der Waals surface area contributed by atoms with Gasteiger partial charge < -0.3 is 20.3 Å². The average Bonchev–Trinajstić information content (AvgIpc) is 3.46. The van der Waals surface area contributed by atoms with Crippen LogP contribution in [0.4, 0.5) is 24.7 Å². The SMILES string of the molecule is Cn1nc2c(c1N)CN(c1c(F)cc3c(=O)c(C(=O)O)cn(C4CC4)c3c1C(=O)C(F)F)C2. The summed E-state index contributed by atoms with van der Waals surface area (Å²) in [4.78, 5) is 38.5. The second-order valence-electron chi connectivity index (χ2n) is 8.25. The third-order valence-electron chi connectivity index (χ3n) is 6.14. The van der Waals surface area contributed by atoms with Crippen molar-refractivity contribution in [1.82, 2.24) is 14.3 Å². The van der Waals surface area contributed by atoms with E-state index in [4.69, 9.17) is 5.73 Å². The zero-order valence-corrected chi connectivity index (χ0v) is 17.3. The van der Waals surface area contributed by atoms with Gasteiger partial charge in [0.15, 0.2) is 0 Å². The van der Waals surface area contributed by atoms with Gasteiger partial charge in [-0.3, -0.25) is 14.3 Å². The lowest BCUT2D eigenvalue weighted by atomic mass is 9.99. The first-order valence-electron chi connectivity index (χ1n) is 10.1. The maximum atomic E-state index is 15.4. The fourth-order valence-corrected chi connectivity index (χ4v) is 4.45. The number of alkyl halides is 2. The van der Waals surface area contributed by atoms with Gasteiger partial charge in [-0.15, -0.1) is 0 Å². The first kappa shape index (κ1) is 21.0. The number of ketones is 1. The Morgan fingerprint density at radius 1 is 1.27 bits per heavy atom. The molecule has 3 aromatic rings. The van der Waals surface area contributed by atoms with Gasteiger partial charge >= 0.3 is 12.4 Å². The lowest BCUT2D eigenvalue weighted by molar-refractivity contribution is 0.0679. The molecule has 1 aromatic carbocycles. The Bertz CT molecular complexity index is 1420. The van der Waals surface area contributed by atoms with Crippen LogP contribution in [-0.2, 0) is 20.1 Å². The molecule has 0 spiro atoms. The molecule has 1 fully saturated rings. The normalized spacial score (nSPS) is 15.5. The number of nitrogen functional groups attached to an aromatic ring is 1. The van der Waals surface area contributed by atoms with Gasteiger partial charge in [-0.1, -0.05) is 0 Å². The van der Waals surface area contributed by atoms with Gasteiger partial charge in [-0.05, 0) is 18.9 Å². The van der Waals surface area contributed by atoms with E-state index in [0.717, 1.165) is 12.3 Å². The number of aromatic carboxylic acids is 1. The molecule has 3 heterocycles. The van der Waals surface area contributed by atoms with Gasteiger partial charge in [0, 0.05) is 31.4 Å². The molecule has 0 amide bonds. The van der Waals surface area contributed by atoms with Crippen molar-refractivity contribution >= 4 is 34.2 Å². The highest BCUT2D eigenvalue weighted by Crippen LogP contribution is 2.42. The molecule has 5 rings (SSSR count). The number of halogens is 3. The highest BCUT2D eigenvalue weighted by atomic mass is 19.3.